The van der Waals surface area contributed by atoms with Gasteiger partial charge in [0.2, 0.25) is 11.5 Å². The summed E-state index contributed by atoms with van der Waals surface area (Å²) in [6, 6.07) is 8.35. The number of benzene rings is 1. The third kappa shape index (κ3) is 2.51. The van der Waals surface area contributed by atoms with E-state index in [0.29, 0.717) is 17.3 Å². The van der Waals surface area contributed by atoms with Gasteiger partial charge in [0, 0.05) is 22.6 Å². The first-order chi connectivity index (χ1) is 8.18. The lowest BCUT2D eigenvalue weighted by atomic mass is 10.1. The maximum Gasteiger partial charge on any atom is 0.371 e. The Hall–Kier alpha value is -2.15. The molecule has 0 fully saturated rings. The van der Waals surface area contributed by atoms with Crippen LogP contribution in [-0.2, 0) is 0 Å². The molecule has 0 aliphatic heterocycles. The standard InChI is InChI=1S/C10H6N2O4S/c13-7(6-4-2-1-3-5-6)8-9(11-12-16-8)17-10(14)15/h1-5H,(H,14,15). The Balaban J connectivity index is 2.32. The average Bonchev–Trinajstić information content (AvgIpc) is 2.76. The van der Waals surface area contributed by atoms with Gasteiger partial charge >= 0.3 is 5.30 Å². The zero-order valence-corrected chi connectivity index (χ0v) is 9.18. The Kier molecular flexibility index (Phi) is 3.20. The molecule has 0 aliphatic carbocycles. The highest BCUT2D eigenvalue weighted by atomic mass is 32.2. The van der Waals surface area contributed by atoms with Crippen molar-refractivity contribution in [2.24, 2.45) is 0 Å². The molecule has 0 atom stereocenters. The molecule has 6 nitrogen and oxygen atoms in total. The summed E-state index contributed by atoms with van der Waals surface area (Å²) in [6.07, 6.45) is 0. The van der Waals surface area contributed by atoms with Gasteiger partial charge in [0.15, 0.2) is 5.03 Å². The van der Waals surface area contributed by atoms with Crippen LogP contribution in [0.3, 0.4) is 0 Å². The fourth-order valence-electron chi connectivity index (χ4n) is 1.19. The van der Waals surface area contributed by atoms with E-state index in [1.165, 1.54) is 0 Å². The summed E-state index contributed by atoms with van der Waals surface area (Å²) in [7, 11) is 0. The van der Waals surface area contributed by atoms with E-state index in [0.717, 1.165) is 0 Å². The van der Waals surface area contributed by atoms with Crippen LogP contribution in [0, 0.1) is 0 Å². The van der Waals surface area contributed by atoms with E-state index in [2.05, 4.69) is 14.9 Å². The van der Waals surface area contributed by atoms with Crippen molar-refractivity contribution in [2.75, 3.05) is 0 Å². The van der Waals surface area contributed by atoms with Gasteiger partial charge in [-0.15, -0.1) is 5.10 Å². The molecular formula is C10H6N2O4S. The minimum atomic E-state index is -1.18. The summed E-state index contributed by atoms with van der Waals surface area (Å²) in [5, 5.41) is 14.0. The average molecular weight is 250 g/mol. The first-order valence-electron chi connectivity index (χ1n) is 4.51. The fraction of sp³-hybridized carbons (Fsp3) is 0. The van der Waals surface area contributed by atoms with Crippen molar-refractivity contribution in [3.8, 4) is 0 Å². The van der Waals surface area contributed by atoms with E-state index < -0.39 is 11.1 Å². The van der Waals surface area contributed by atoms with Gasteiger partial charge in [-0.2, -0.15) is 0 Å². The minimum absolute atomic E-state index is 0.0497. The molecule has 0 bridgehead atoms. The van der Waals surface area contributed by atoms with E-state index in [9.17, 15) is 9.59 Å². The topological polar surface area (TPSA) is 93.3 Å². The highest BCUT2D eigenvalue weighted by Gasteiger charge is 2.22. The number of rotatable bonds is 3. The van der Waals surface area contributed by atoms with Gasteiger partial charge in [-0.05, 0) is 0 Å². The second-order valence-corrected chi connectivity index (χ2v) is 3.91. The molecule has 0 unspecified atom stereocenters. The van der Waals surface area contributed by atoms with Crippen LogP contribution in [0.4, 0.5) is 4.79 Å². The summed E-state index contributed by atoms with van der Waals surface area (Å²) < 4.78 is 4.69. The Labute approximate surface area is 99.6 Å². The molecule has 0 saturated carbocycles. The maximum atomic E-state index is 11.9. The minimum Gasteiger partial charge on any atom is -0.473 e. The Bertz CT molecular complexity index is 552. The first kappa shape index (κ1) is 11.3. The van der Waals surface area contributed by atoms with Gasteiger partial charge in [0.05, 0.1) is 0 Å². The predicted octanol–water partition coefficient (Wildman–Crippen LogP) is 2.07. The number of ketones is 1. The molecule has 17 heavy (non-hydrogen) atoms. The van der Waals surface area contributed by atoms with Crippen molar-refractivity contribution in [2.45, 2.75) is 5.03 Å². The molecule has 2 aromatic rings. The molecule has 1 N–H and O–H groups in total. The monoisotopic (exact) mass is 250 g/mol. The normalized spacial score (nSPS) is 10.1. The van der Waals surface area contributed by atoms with Gasteiger partial charge in [-0.25, -0.2) is 4.79 Å². The summed E-state index contributed by atoms with van der Waals surface area (Å²) >= 11 is 0.383. The van der Waals surface area contributed by atoms with Crippen molar-refractivity contribution in [1.82, 2.24) is 10.4 Å². The molecule has 0 aliphatic rings. The lowest BCUT2D eigenvalue weighted by molar-refractivity contribution is 0.0996. The van der Waals surface area contributed by atoms with E-state index in [1.54, 1.807) is 30.3 Å². The highest BCUT2D eigenvalue weighted by Crippen LogP contribution is 2.22. The number of carbonyl (C=O) groups is 2. The van der Waals surface area contributed by atoms with Crippen LogP contribution < -0.4 is 0 Å². The van der Waals surface area contributed by atoms with E-state index >= 15 is 0 Å². The Morgan fingerprint density at radius 2 is 1.94 bits per heavy atom. The van der Waals surface area contributed by atoms with Crippen molar-refractivity contribution in [3.63, 3.8) is 0 Å². The van der Waals surface area contributed by atoms with Gasteiger partial charge in [-0.3, -0.25) is 4.79 Å². The summed E-state index contributed by atoms with van der Waals surface area (Å²) in [6.45, 7) is 0. The molecule has 1 heterocycles. The second-order valence-electron chi connectivity index (χ2n) is 2.97. The van der Waals surface area contributed by atoms with Gasteiger partial charge < -0.3 is 9.63 Å². The highest BCUT2D eigenvalue weighted by molar-refractivity contribution is 8.13. The Morgan fingerprint density at radius 3 is 2.59 bits per heavy atom. The van der Waals surface area contributed by atoms with Crippen LogP contribution in [0.25, 0.3) is 0 Å². The SMILES string of the molecule is O=C(O)Sc1nnoc1C(=O)c1ccccc1. The lowest BCUT2D eigenvalue weighted by Gasteiger charge is -1.96. The predicted molar refractivity (Wildman–Crippen MR) is 58.1 cm³/mol. The quantitative estimate of drug-likeness (QED) is 0.658. The zero-order chi connectivity index (χ0) is 12.3. The fourth-order valence-corrected chi connectivity index (χ4v) is 1.65. The van der Waals surface area contributed by atoms with E-state index in [-0.39, 0.29) is 10.8 Å². The molecule has 0 spiro atoms. The van der Waals surface area contributed by atoms with Gasteiger partial charge in [0.1, 0.15) is 0 Å². The summed E-state index contributed by atoms with van der Waals surface area (Å²) in [5.41, 5.74) is 0.387. The Morgan fingerprint density at radius 1 is 1.24 bits per heavy atom. The van der Waals surface area contributed by atoms with Crippen LogP contribution >= 0.6 is 11.8 Å². The third-order valence-corrected chi connectivity index (χ3v) is 2.52. The van der Waals surface area contributed by atoms with Crippen molar-refractivity contribution in [1.29, 1.82) is 0 Å². The number of nitrogens with zero attached hydrogens (tertiary/aromatic N) is 2. The summed E-state index contributed by atoms with van der Waals surface area (Å²) in [4.78, 5) is 22.4. The van der Waals surface area contributed by atoms with Crippen molar-refractivity contribution >= 4 is 22.8 Å². The molecule has 1 aromatic carbocycles. The summed E-state index contributed by atoms with van der Waals surface area (Å²) in [5.74, 6) is -0.608. The molecule has 7 heteroatoms. The van der Waals surface area contributed by atoms with E-state index in [4.69, 9.17) is 5.11 Å². The maximum absolute atomic E-state index is 11.9. The number of carbonyl (C=O) groups excluding carboxylic acids is 1. The first-order valence-corrected chi connectivity index (χ1v) is 5.33. The van der Waals surface area contributed by atoms with Crippen molar-refractivity contribution < 1.29 is 19.2 Å². The van der Waals surface area contributed by atoms with Gasteiger partial charge in [0.25, 0.3) is 0 Å². The van der Waals surface area contributed by atoms with Crippen LogP contribution in [0.2, 0.25) is 0 Å². The largest absolute Gasteiger partial charge is 0.473 e. The van der Waals surface area contributed by atoms with Crippen molar-refractivity contribution in [3.05, 3.63) is 41.7 Å². The number of hydrogen-bond donors (Lipinski definition) is 1. The lowest BCUT2D eigenvalue weighted by Crippen LogP contribution is -2.01. The second kappa shape index (κ2) is 4.79. The number of hydrogen-bond acceptors (Lipinski definition) is 6. The molecule has 0 radical (unpaired) electrons. The zero-order valence-electron chi connectivity index (χ0n) is 8.36. The molecule has 1 aromatic heterocycles. The molecular weight excluding hydrogens is 244 g/mol. The number of thioether (sulfide) groups is 1. The van der Waals surface area contributed by atoms with Crippen LogP contribution in [-0.4, -0.2) is 26.6 Å². The molecule has 0 amide bonds. The molecule has 86 valence electrons. The molecule has 2 rings (SSSR count). The van der Waals surface area contributed by atoms with Crippen LogP contribution in [0.1, 0.15) is 16.1 Å². The van der Waals surface area contributed by atoms with Crippen LogP contribution in [0.15, 0.2) is 39.9 Å². The van der Waals surface area contributed by atoms with Crippen LogP contribution in [0.5, 0.6) is 0 Å². The van der Waals surface area contributed by atoms with Gasteiger partial charge in [-0.1, -0.05) is 30.3 Å². The smallest absolute Gasteiger partial charge is 0.371 e. The third-order valence-electron chi connectivity index (χ3n) is 1.88. The number of aromatic nitrogens is 2. The van der Waals surface area contributed by atoms with E-state index in [1.807, 2.05) is 0 Å². The molecule has 0 saturated heterocycles. The number of carboxylic acid groups (broad SMARTS) is 1.